The van der Waals surface area contributed by atoms with E-state index in [1.54, 1.807) is 13.2 Å². The Labute approximate surface area is 106 Å². The average Bonchev–Trinajstić information content (AvgIpc) is 2.36. The lowest BCUT2D eigenvalue weighted by atomic mass is 9.72. The minimum Gasteiger partial charge on any atom is -0.493 e. The van der Waals surface area contributed by atoms with Crippen LogP contribution < -0.4 is 4.74 Å². The van der Waals surface area contributed by atoms with Gasteiger partial charge in [-0.25, -0.2) is 0 Å². The normalized spacial score (nSPS) is 24.9. The van der Waals surface area contributed by atoms with E-state index in [4.69, 9.17) is 21.1 Å². The summed E-state index contributed by atoms with van der Waals surface area (Å²) in [5.74, 6) is 0.752. The van der Waals surface area contributed by atoms with E-state index in [0.29, 0.717) is 11.6 Å². The summed E-state index contributed by atoms with van der Waals surface area (Å²) in [6.45, 7) is 2.58. The smallest absolute Gasteiger partial charge is 0.124 e. The van der Waals surface area contributed by atoms with Crippen molar-refractivity contribution in [2.75, 3.05) is 20.3 Å². The van der Waals surface area contributed by atoms with Crippen LogP contribution >= 0.6 is 11.6 Å². The van der Waals surface area contributed by atoms with Crippen LogP contribution in [0.5, 0.6) is 5.75 Å². The fourth-order valence-electron chi connectivity index (χ4n) is 2.45. The molecule has 1 unspecified atom stereocenters. The monoisotopic (exact) mass is 256 g/mol. The molecule has 0 radical (unpaired) electrons. The summed E-state index contributed by atoms with van der Waals surface area (Å²) in [5.41, 5.74) is 0.581. The highest BCUT2D eigenvalue weighted by molar-refractivity contribution is 6.30. The SMILES string of the molecule is COC(C)[C@]1(CO)CCOc2cc(Cl)ccc21. The van der Waals surface area contributed by atoms with Gasteiger partial charge >= 0.3 is 0 Å². The van der Waals surface area contributed by atoms with Crippen LogP contribution in [-0.4, -0.2) is 31.5 Å². The Kier molecular flexibility index (Phi) is 3.61. The van der Waals surface area contributed by atoms with Gasteiger partial charge in [0.2, 0.25) is 0 Å². The summed E-state index contributed by atoms with van der Waals surface area (Å²) < 4.78 is 11.0. The third kappa shape index (κ3) is 2.03. The first-order chi connectivity index (χ1) is 8.14. The van der Waals surface area contributed by atoms with Gasteiger partial charge in [-0.2, -0.15) is 0 Å². The molecule has 0 bridgehead atoms. The largest absolute Gasteiger partial charge is 0.493 e. The van der Waals surface area contributed by atoms with Crippen molar-refractivity contribution in [3.8, 4) is 5.75 Å². The second-order valence-electron chi connectivity index (χ2n) is 4.43. The van der Waals surface area contributed by atoms with Crippen LogP contribution in [0.3, 0.4) is 0 Å². The van der Waals surface area contributed by atoms with Crippen molar-refractivity contribution in [2.24, 2.45) is 0 Å². The minimum atomic E-state index is -0.396. The topological polar surface area (TPSA) is 38.7 Å². The molecule has 2 atom stereocenters. The average molecular weight is 257 g/mol. The van der Waals surface area contributed by atoms with E-state index >= 15 is 0 Å². The highest BCUT2D eigenvalue weighted by Gasteiger charge is 2.42. The highest BCUT2D eigenvalue weighted by atomic mass is 35.5. The Morgan fingerprint density at radius 1 is 1.59 bits per heavy atom. The van der Waals surface area contributed by atoms with E-state index in [1.165, 1.54) is 0 Å². The zero-order chi connectivity index (χ0) is 12.5. The third-order valence-electron chi connectivity index (χ3n) is 3.70. The third-order valence-corrected chi connectivity index (χ3v) is 3.93. The predicted octanol–water partition coefficient (Wildman–Crippen LogP) is 2.39. The van der Waals surface area contributed by atoms with Gasteiger partial charge in [-0.1, -0.05) is 17.7 Å². The molecule has 0 saturated carbocycles. The van der Waals surface area contributed by atoms with Crippen LogP contribution in [0, 0.1) is 0 Å². The molecule has 94 valence electrons. The second-order valence-corrected chi connectivity index (χ2v) is 4.87. The maximum atomic E-state index is 9.79. The molecule has 0 aliphatic carbocycles. The Hall–Kier alpha value is -0.770. The molecule has 0 spiro atoms. The lowest BCUT2D eigenvalue weighted by Gasteiger charge is -2.41. The van der Waals surface area contributed by atoms with Crippen LogP contribution in [0.15, 0.2) is 18.2 Å². The Morgan fingerprint density at radius 2 is 2.35 bits per heavy atom. The Morgan fingerprint density at radius 3 is 3.00 bits per heavy atom. The molecule has 0 amide bonds. The van der Waals surface area contributed by atoms with Gasteiger partial charge in [0.25, 0.3) is 0 Å². The summed E-state index contributed by atoms with van der Waals surface area (Å²) in [4.78, 5) is 0. The van der Waals surface area contributed by atoms with E-state index in [1.807, 2.05) is 19.1 Å². The van der Waals surface area contributed by atoms with Crippen molar-refractivity contribution < 1.29 is 14.6 Å². The van der Waals surface area contributed by atoms with Crippen molar-refractivity contribution >= 4 is 11.6 Å². The number of ether oxygens (including phenoxy) is 2. The lowest BCUT2D eigenvalue weighted by molar-refractivity contribution is -0.00588. The van der Waals surface area contributed by atoms with Crippen molar-refractivity contribution in [3.05, 3.63) is 28.8 Å². The molecule has 1 heterocycles. The van der Waals surface area contributed by atoms with Crippen molar-refractivity contribution in [3.63, 3.8) is 0 Å². The molecule has 0 aromatic heterocycles. The fraction of sp³-hybridized carbons (Fsp3) is 0.538. The van der Waals surface area contributed by atoms with Crippen molar-refractivity contribution in [2.45, 2.75) is 24.9 Å². The van der Waals surface area contributed by atoms with E-state index in [-0.39, 0.29) is 12.7 Å². The summed E-state index contributed by atoms with van der Waals surface area (Å²) in [7, 11) is 1.66. The van der Waals surface area contributed by atoms with Crippen LogP contribution in [-0.2, 0) is 10.2 Å². The van der Waals surface area contributed by atoms with Crippen LogP contribution in [0.4, 0.5) is 0 Å². The first kappa shape index (κ1) is 12.7. The van der Waals surface area contributed by atoms with Gasteiger partial charge < -0.3 is 14.6 Å². The molecular formula is C13H17ClO3. The zero-order valence-electron chi connectivity index (χ0n) is 10.1. The Bertz CT molecular complexity index is 408. The number of hydrogen-bond acceptors (Lipinski definition) is 3. The molecule has 1 aromatic rings. The summed E-state index contributed by atoms with van der Waals surface area (Å²) in [5, 5.41) is 10.4. The molecule has 1 aromatic carbocycles. The van der Waals surface area contributed by atoms with E-state index < -0.39 is 5.41 Å². The van der Waals surface area contributed by atoms with E-state index in [0.717, 1.165) is 17.7 Å². The maximum absolute atomic E-state index is 9.79. The molecule has 0 saturated heterocycles. The number of methoxy groups -OCH3 is 1. The van der Waals surface area contributed by atoms with Crippen molar-refractivity contribution in [1.29, 1.82) is 0 Å². The number of rotatable bonds is 3. The molecule has 1 N–H and O–H groups in total. The van der Waals surface area contributed by atoms with Crippen LogP contribution in [0.1, 0.15) is 18.9 Å². The molecule has 17 heavy (non-hydrogen) atoms. The summed E-state index contributed by atoms with van der Waals surface area (Å²) in [6, 6.07) is 5.53. The summed E-state index contributed by atoms with van der Waals surface area (Å²) in [6.07, 6.45) is 0.670. The molecule has 1 aliphatic heterocycles. The first-order valence-electron chi connectivity index (χ1n) is 5.70. The van der Waals surface area contributed by atoms with Gasteiger partial charge in [0.1, 0.15) is 5.75 Å². The van der Waals surface area contributed by atoms with Crippen molar-refractivity contribution in [1.82, 2.24) is 0 Å². The first-order valence-corrected chi connectivity index (χ1v) is 6.08. The predicted molar refractivity (Wildman–Crippen MR) is 66.8 cm³/mol. The number of halogens is 1. The highest BCUT2D eigenvalue weighted by Crippen LogP contribution is 2.42. The molecule has 1 aliphatic rings. The quantitative estimate of drug-likeness (QED) is 0.903. The second kappa shape index (κ2) is 4.84. The number of fused-ring (bicyclic) bond motifs is 1. The van der Waals surface area contributed by atoms with Crippen LogP contribution in [0.2, 0.25) is 5.02 Å². The zero-order valence-corrected chi connectivity index (χ0v) is 10.8. The standard InChI is InChI=1S/C13H17ClO3/c1-9(16-2)13(8-15)5-6-17-12-7-10(14)3-4-11(12)13/h3-4,7,9,15H,5-6,8H2,1-2H3/t9?,13-/m1/s1. The minimum absolute atomic E-state index is 0.0417. The number of aliphatic hydroxyl groups is 1. The maximum Gasteiger partial charge on any atom is 0.124 e. The number of hydrogen-bond donors (Lipinski definition) is 1. The number of aliphatic hydroxyl groups excluding tert-OH is 1. The van der Waals surface area contributed by atoms with Gasteiger partial charge in [-0.05, 0) is 25.5 Å². The van der Waals surface area contributed by atoms with Gasteiger partial charge in [0, 0.05) is 17.7 Å². The molecule has 0 fully saturated rings. The summed E-state index contributed by atoms with van der Waals surface area (Å²) >= 11 is 5.95. The Balaban J connectivity index is 2.51. The van der Waals surface area contributed by atoms with Gasteiger partial charge in [0.15, 0.2) is 0 Å². The molecular weight excluding hydrogens is 240 g/mol. The molecule has 2 rings (SSSR count). The number of benzene rings is 1. The fourth-order valence-corrected chi connectivity index (χ4v) is 2.61. The molecule has 3 nitrogen and oxygen atoms in total. The van der Waals surface area contributed by atoms with E-state index in [9.17, 15) is 5.11 Å². The van der Waals surface area contributed by atoms with Gasteiger partial charge in [-0.3, -0.25) is 0 Å². The van der Waals surface area contributed by atoms with E-state index in [2.05, 4.69) is 0 Å². The lowest BCUT2D eigenvalue weighted by Crippen LogP contribution is -2.46. The molecule has 4 heteroatoms. The van der Waals surface area contributed by atoms with Gasteiger partial charge in [-0.15, -0.1) is 0 Å². The van der Waals surface area contributed by atoms with Gasteiger partial charge in [0.05, 0.1) is 24.7 Å². The van der Waals surface area contributed by atoms with Crippen LogP contribution in [0.25, 0.3) is 0 Å².